The number of carbonyl (C=O) groups excluding carboxylic acids is 2. The van der Waals surface area contributed by atoms with Gasteiger partial charge in [0.2, 0.25) is 5.91 Å². The Hall–Kier alpha value is -1.40. The van der Waals surface area contributed by atoms with Gasteiger partial charge in [0.25, 0.3) is 0 Å². The molecule has 0 rings (SSSR count). The van der Waals surface area contributed by atoms with E-state index >= 15 is 0 Å². The lowest BCUT2D eigenvalue weighted by molar-refractivity contribution is -0.143. The van der Waals surface area contributed by atoms with Crippen LogP contribution in [0.2, 0.25) is 0 Å². The van der Waals surface area contributed by atoms with Crippen LogP contribution in [0.1, 0.15) is 406 Å². The molecule has 3 N–H and O–H groups in total. The first-order chi connectivity index (χ1) is 38.0. The number of aliphatic hydroxyl groups excluding tert-OH is 2. The van der Waals surface area contributed by atoms with Crippen molar-refractivity contribution in [2.24, 2.45) is 0 Å². The molecule has 1 amide bonds. The second kappa shape index (κ2) is 67.1. The number of carbonyl (C=O) groups is 2. The Morgan fingerprint density at radius 2 is 0.610 bits per heavy atom. The van der Waals surface area contributed by atoms with Gasteiger partial charge in [-0.1, -0.05) is 353 Å². The number of unbranched alkanes of at least 4 members (excludes halogenated alkanes) is 54. The van der Waals surface area contributed by atoms with E-state index in [1.54, 1.807) is 0 Å². The molecule has 0 radical (unpaired) electrons. The predicted molar refractivity (Wildman–Crippen MR) is 338 cm³/mol. The summed E-state index contributed by atoms with van der Waals surface area (Å²) in [5.74, 6) is -0.0114. The zero-order valence-corrected chi connectivity index (χ0v) is 52.5. The molecule has 0 aromatic carbocycles. The van der Waals surface area contributed by atoms with Gasteiger partial charge in [-0.15, -0.1) is 0 Å². The molecule has 0 aromatic heterocycles. The quantitative estimate of drug-likeness (QED) is 0.0320. The van der Waals surface area contributed by atoms with Crippen molar-refractivity contribution in [3.63, 3.8) is 0 Å². The molecule has 0 aliphatic carbocycles. The van der Waals surface area contributed by atoms with Crippen molar-refractivity contribution < 1.29 is 24.5 Å². The Balaban J connectivity index is 3.31. The van der Waals surface area contributed by atoms with Crippen LogP contribution in [-0.4, -0.2) is 47.4 Å². The molecule has 0 spiro atoms. The summed E-state index contributed by atoms with van der Waals surface area (Å²) >= 11 is 0. The normalized spacial score (nSPS) is 12.5. The Morgan fingerprint density at radius 3 is 0.922 bits per heavy atom. The van der Waals surface area contributed by atoms with Gasteiger partial charge in [0, 0.05) is 12.8 Å². The molecule has 0 saturated heterocycles. The molecular weight excluding hydrogens is 947 g/mol. The SMILES string of the molecule is CCCCCCCC/C=C\CCCCCCCCCC(=O)OCCCCCCCCCCCCCCCCCCCCCCCCCCCCCCCC(=O)NC(CO)C(O)CCCCCCCCCCCCCCCC. The molecule has 6 nitrogen and oxygen atoms in total. The lowest BCUT2D eigenvalue weighted by Crippen LogP contribution is -2.45. The van der Waals surface area contributed by atoms with E-state index in [2.05, 4.69) is 31.3 Å². The van der Waals surface area contributed by atoms with Crippen molar-refractivity contribution in [2.75, 3.05) is 13.2 Å². The van der Waals surface area contributed by atoms with Crippen LogP contribution in [0.15, 0.2) is 12.2 Å². The first-order valence-electron chi connectivity index (χ1n) is 35.4. The van der Waals surface area contributed by atoms with E-state index in [0.29, 0.717) is 25.9 Å². The topological polar surface area (TPSA) is 95.9 Å². The molecule has 6 heteroatoms. The average molecular weight is 1090 g/mol. The number of hydrogen-bond donors (Lipinski definition) is 3. The minimum Gasteiger partial charge on any atom is -0.466 e. The summed E-state index contributed by atoms with van der Waals surface area (Å²) in [6, 6.07) is -0.537. The number of esters is 1. The minimum atomic E-state index is -0.660. The van der Waals surface area contributed by atoms with Crippen molar-refractivity contribution in [1.29, 1.82) is 0 Å². The summed E-state index contributed by atoms with van der Waals surface area (Å²) in [7, 11) is 0. The van der Waals surface area contributed by atoms with E-state index < -0.39 is 12.1 Å². The smallest absolute Gasteiger partial charge is 0.305 e. The molecule has 458 valence electrons. The monoisotopic (exact) mass is 1090 g/mol. The van der Waals surface area contributed by atoms with Crippen LogP contribution in [0.5, 0.6) is 0 Å². The Labute approximate surface area is 482 Å². The average Bonchev–Trinajstić information content (AvgIpc) is 3.43. The van der Waals surface area contributed by atoms with Crippen molar-refractivity contribution in [3.05, 3.63) is 12.2 Å². The van der Waals surface area contributed by atoms with Gasteiger partial charge in [0.05, 0.1) is 25.4 Å². The molecule has 77 heavy (non-hydrogen) atoms. The minimum absolute atomic E-state index is 0.0171. The molecule has 0 bridgehead atoms. The third-order valence-corrected chi connectivity index (χ3v) is 16.8. The fourth-order valence-corrected chi connectivity index (χ4v) is 11.4. The summed E-state index contributed by atoms with van der Waals surface area (Å²) in [6.45, 7) is 4.99. The third kappa shape index (κ3) is 63.6. The number of nitrogens with one attached hydrogen (secondary N) is 1. The van der Waals surface area contributed by atoms with Crippen LogP contribution < -0.4 is 5.32 Å². The van der Waals surface area contributed by atoms with Crippen LogP contribution in [-0.2, 0) is 14.3 Å². The van der Waals surface area contributed by atoms with E-state index in [1.807, 2.05) is 0 Å². The summed E-state index contributed by atoms with van der Waals surface area (Å²) in [5.41, 5.74) is 0. The van der Waals surface area contributed by atoms with Gasteiger partial charge in [-0.2, -0.15) is 0 Å². The van der Waals surface area contributed by atoms with E-state index in [-0.39, 0.29) is 18.5 Å². The van der Waals surface area contributed by atoms with Crippen molar-refractivity contribution in [1.82, 2.24) is 5.32 Å². The lowest BCUT2D eigenvalue weighted by atomic mass is 10.0. The van der Waals surface area contributed by atoms with Crippen LogP contribution in [0.3, 0.4) is 0 Å². The highest BCUT2D eigenvalue weighted by atomic mass is 16.5. The van der Waals surface area contributed by atoms with Crippen molar-refractivity contribution in [2.45, 2.75) is 418 Å². The number of allylic oxidation sites excluding steroid dienone is 2. The van der Waals surface area contributed by atoms with Crippen molar-refractivity contribution in [3.8, 4) is 0 Å². The molecule has 2 atom stereocenters. The standard InChI is InChI=1S/C71H139NO5/c1-3-5-7-9-11-13-15-17-19-33-37-41-45-49-53-57-61-65-71(76)77-66-62-58-54-50-46-42-38-35-32-30-28-26-24-22-20-21-23-25-27-29-31-34-36-40-44-48-52-56-60-64-70(75)72-68(67-73)69(74)63-59-55-51-47-43-39-18-16-14-12-10-8-6-4-2/h17,19,68-69,73-74H,3-16,18,20-67H2,1-2H3,(H,72,75)/b19-17-. The van der Waals surface area contributed by atoms with E-state index in [0.717, 1.165) is 44.9 Å². The second-order valence-electron chi connectivity index (χ2n) is 24.6. The largest absolute Gasteiger partial charge is 0.466 e. The molecule has 0 heterocycles. The summed E-state index contributed by atoms with van der Waals surface area (Å²) < 4.78 is 5.50. The fraction of sp³-hybridized carbons (Fsp3) is 0.944. The first-order valence-corrected chi connectivity index (χ1v) is 35.4. The number of ether oxygens (including phenoxy) is 1. The molecule has 0 saturated carbocycles. The molecule has 0 aromatic rings. The van der Waals surface area contributed by atoms with Crippen LogP contribution in [0.4, 0.5) is 0 Å². The maximum Gasteiger partial charge on any atom is 0.305 e. The van der Waals surface area contributed by atoms with E-state index in [1.165, 1.54) is 327 Å². The third-order valence-electron chi connectivity index (χ3n) is 16.8. The highest BCUT2D eigenvalue weighted by molar-refractivity contribution is 5.76. The second-order valence-corrected chi connectivity index (χ2v) is 24.6. The lowest BCUT2D eigenvalue weighted by Gasteiger charge is -2.22. The van der Waals surface area contributed by atoms with Crippen LogP contribution in [0.25, 0.3) is 0 Å². The molecule has 0 aliphatic rings. The summed E-state index contributed by atoms with van der Waals surface area (Å²) in [4.78, 5) is 24.6. The van der Waals surface area contributed by atoms with E-state index in [9.17, 15) is 19.8 Å². The van der Waals surface area contributed by atoms with Gasteiger partial charge < -0.3 is 20.3 Å². The van der Waals surface area contributed by atoms with Crippen LogP contribution in [0, 0.1) is 0 Å². The highest BCUT2D eigenvalue weighted by Crippen LogP contribution is 2.19. The number of rotatable bonds is 67. The highest BCUT2D eigenvalue weighted by Gasteiger charge is 2.20. The molecule has 2 unspecified atom stereocenters. The Bertz CT molecular complexity index is 1160. The van der Waals surface area contributed by atoms with Gasteiger partial charge in [-0.05, 0) is 51.4 Å². The van der Waals surface area contributed by atoms with Gasteiger partial charge in [-0.3, -0.25) is 9.59 Å². The maximum atomic E-state index is 12.5. The van der Waals surface area contributed by atoms with Gasteiger partial charge in [-0.25, -0.2) is 0 Å². The van der Waals surface area contributed by atoms with Gasteiger partial charge in [0.1, 0.15) is 0 Å². The molecule has 0 aliphatic heterocycles. The zero-order chi connectivity index (χ0) is 55.7. The Morgan fingerprint density at radius 1 is 0.351 bits per heavy atom. The van der Waals surface area contributed by atoms with Crippen LogP contribution >= 0.6 is 0 Å². The molecule has 0 fully saturated rings. The number of amides is 1. The van der Waals surface area contributed by atoms with Gasteiger partial charge in [0.15, 0.2) is 0 Å². The summed E-state index contributed by atoms with van der Waals surface area (Å²) in [6.07, 6.45) is 82.7. The number of aliphatic hydroxyl groups is 2. The molecular formula is C71H139NO5. The zero-order valence-electron chi connectivity index (χ0n) is 52.5. The van der Waals surface area contributed by atoms with Gasteiger partial charge >= 0.3 is 5.97 Å². The summed E-state index contributed by atoms with van der Waals surface area (Å²) in [5, 5.41) is 23.3. The first kappa shape index (κ1) is 75.6. The predicted octanol–water partition coefficient (Wildman–Crippen LogP) is 22.8. The van der Waals surface area contributed by atoms with E-state index in [4.69, 9.17) is 4.74 Å². The fourth-order valence-electron chi connectivity index (χ4n) is 11.4. The Kier molecular flexibility index (Phi) is 65.9. The maximum absolute atomic E-state index is 12.5. The van der Waals surface area contributed by atoms with Crippen molar-refractivity contribution >= 4 is 11.9 Å². The number of hydrogen-bond acceptors (Lipinski definition) is 5.